The zero-order valence-corrected chi connectivity index (χ0v) is 13.4. The molecular formula is C13H11BrN4O2S. The number of thioether (sulfide) groups is 1. The van der Waals surface area contributed by atoms with Crippen LogP contribution in [-0.4, -0.2) is 28.3 Å². The SMILES string of the molecule is CSc1nc(C(=O)N/N=C/c2ccc(Br)cc2)cc(=O)[nH]1. The summed E-state index contributed by atoms with van der Waals surface area (Å²) < 4.78 is 0.959. The lowest BCUT2D eigenvalue weighted by molar-refractivity contribution is 0.0949. The van der Waals surface area contributed by atoms with Crippen molar-refractivity contribution in [3.8, 4) is 0 Å². The summed E-state index contributed by atoms with van der Waals surface area (Å²) in [4.78, 5) is 29.7. The zero-order valence-electron chi connectivity index (χ0n) is 11.0. The van der Waals surface area contributed by atoms with Gasteiger partial charge in [-0.3, -0.25) is 9.59 Å². The van der Waals surface area contributed by atoms with E-state index in [1.54, 1.807) is 6.26 Å². The van der Waals surface area contributed by atoms with Crippen LogP contribution in [-0.2, 0) is 0 Å². The van der Waals surface area contributed by atoms with Gasteiger partial charge in [0.15, 0.2) is 5.16 Å². The van der Waals surface area contributed by atoms with Gasteiger partial charge in [0.2, 0.25) is 0 Å². The van der Waals surface area contributed by atoms with Crippen LogP contribution in [0.5, 0.6) is 0 Å². The Kier molecular flexibility index (Phi) is 5.29. The van der Waals surface area contributed by atoms with Crippen LogP contribution < -0.4 is 11.0 Å². The Balaban J connectivity index is 2.06. The quantitative estimate of drug-likeness (QED) is 0.375. The molecule has 2 aromatic rings. The predicted molar refractivity (Wildman–Crippen MR) is 85.8 cm³/mol. The molecule has 1 aromatic carbocycles. The molecule has 0 aliphatic heterocycles. The molecule has 6 nitrogen and oxygen atoms in total. The van der Waals surface area contributed by atoms with Gasteiger partial charge in [-0.15, -0.1) is 0 Å². The number of aromatic amines is 1. The van der Waals surface area contributed by atoms with Gasteiger partial charge in [0.25, 0.3) is 11.5 Å². The molecular weight excluding hydrogens is 356 g/mol. The number of rotatable bonds is 4. The highest BCUT2D eigenvalue weighted by molar-refractivity contribution is 9.10. The van der Waals surface area contributed by atoms with Crippen molar-refractivity contribution in [2.45, 2.75) is 5.16 Å². The lowest BCUT2D eigenvalue weighted by Gasteiger charge is -2.00. The molecule has 0 fully saturated rings. The molecule has 2 rings (SSSR count). The zero-order chi connectivity index (χ0) is 15.2. The average Bonchev–Trinajstić information content (AvgIpc) is 2.48. The summed E-state index contributed by atoms with van der Waals surface area (Å²) in [7, 11) is 0. The summed E-state index contributed by atoms with van der Waals surface area (Å²) in [6.07, 6.45) is 3.26. The maximum absolute atomic E-state index is 11.9. The number of nitrogens with zero attached hydrogens (tertiary/aromatic N) is 2. The number of hydrogen-bond acceptors (Lipinski definition) is 5. The summed E-state index contributed by atoms with van der Waals surface area (Å²) in [5, 5.41) is 4.21. The molecule has 1 amide bonds. The fourth-order valence-corrected chi connectivity index (χ4v) is 2.08. The Morgan fingerprint density at radius 3 is 2.81 bits per heavy atom. The number of H-pyrrole nitrogens is 1. The second kappa shape index (κ2) is 7.19. The highest BCUT2D eigenvalue weighted by atomic mass is 79.9. The molecule has 1 heterocycles. The van der Waals surface area contributed by atoms with Crippen LogP contribution >= 0.6 is 27.7 Å². The molecule has 21 heavy (non-hydrogen) atoms. The van der Waals surface area contributed by atoms with Crippen LogP contribution in [0.15, 0.2) is 49.9 Å². The number of aromatic nitrogens is 2. The van der Waals surface area contributed by atoms with E-state index >= 15 is 0 Å². The van der Waals surface area contributed by atoms with Crippen molar-refractivity contribution in [1.29, 1.82) is 0 Å². The molecule has 0 aliphatic rings. The summed E-state index contributed by atoms with van der Waals surface area (Å²) >= 11 is 4.58. The topological polar surface area (TPSA) is 87.2 Å². The molecule has 1 aromatic heterocycles. The minimum atomic E-state index is -0.537. The van der Waals surface area contributed by atoms with E-state index in [9.17, 15) is 9.59 Å². The number of nitrogens with one attached hydrogen (secondary N) is 2. The summed E-state index contributed by atoms with van der Waals surface area (Å²) in [5.74, 6) is -0.537. The molecule has 8 heteroatoms. The molecule has 108 valence electrons. The maximum atomic E-state index is 11.9. The van der Waals surface area contributed by atoms with Crippen molar-refractivity contribution in [3.05, 3.63) is 56.4 Å². The van der Waals surface area contributed by atoms with Crippen LogP contribution in [0.2, 0.25) is 0 Å². The largest absolute Gasteiger partial charge is 0.301 e. The van der Waals surface area contributed by atoms with Gasteiger partial charge in [0.1, 0.15) is 5.69 Å². The van der Waals surface area contributed by atoms with Gasteiger partial charge in [-0.25, -0.2) is 10.4 Å². The van der Waals surface area contributed by atoms with Gasteiger partial charge in [-0.05, 0) is 24.0 Å². The molecule has 0 spiro atoms. The third-order valence-electron chi connectivity index (χ3n) is 2.40. The van der Waals surface area contributed by atoms with Crippen LogP contribution in [0.4, 0.5) is 0 Å². The molecule has 0 bridgehead atoms. The molecule has 0 saturated carbocycles. The highest BCUT2D eigenvalue weighted by Crippen LogP contribution is 2.09. The Labute approximate surface area is 133 Å². The van der Waals surface area contributed by atoms with Crippen molar-refractivity contribution in [2.24, 2.45) is 5.10 Å². The van der Waals surface area contributed by atoms with E-state index in [0.29, 0.717) is 5.16 Å². The fourth-order valence-electron chi connectivity index (χ4n) is 1.42. The van der Waals surface area contributed by atoms with Crippen LogP contribution in [0.1, 0.15) is 16.1 Å². The molecule has 0 saturated heterocycles. The van der Waals surface area contributed by atoms with Crippen LogP contribution in [0, 0.1) is 0 Å². The van der Waals surface area contributed by atoms with Crippen LogP contribution in [0.25, 0.3) is 0 Å². The second-order valence-electron chi connectivity index (χ2n) is 3.89. The molecule has 0 radical (unpaired) electrons. The van der Waals surface area contributed by atoms with Gasteiger partial charge < -0.3 is 4.98 Å². The first kappa shape index (κ1) is 15.5. The minimum absolute atomic E-state index is 0.0241. The Bertz CT molecular complexity index is 728. The number of benzene rings is 1. The number of hydrazone groups is 1. The molecule has 0 aliphatic carbocycles. The normalized spacial score (nSPS) is 10.8. The van der Waals surface area contributed by atoms with Gasteiger partial charge in [-0.2, -0.15) is 5.10 Å². The lowest BCUT2D eigenvalue weighted by Crippen LogP contribution is -2.22. The summed E-state index contributed by atoms with van der Waals surface area (Å²) in [5.41, 5.74) is 2.82. The number of hydrogen-bond donors (Lipinski definition) is 2. The van der Waals surface area contributed by atoms with Crippen molar-refractivity contribution >= 4 is 39.8 Å². The minimum Gasteiger partial charge on any atom is -0.301 e. The third kappa shape index (κ3) is 4.54. The standard InChI is InChI=1S/C13H11BrN4O2S/c1-21-13-16-10(6-11(19)17-13)12(20)18-15-7-8-2-4-9(14)5-3-8/h2-7H,1H3,(H,18,20)(H,16,17,19)/b15-7+. The van der Waals surface area contributed by atoms with E-state index in [1.807, 2.05) is 24.3 Å². The van der Waals surface area contributed by atoms with Gasteiger partial charge >= 0.3 is 0 Å². The Hall–Kier alpha value is -1.93. The van der Waals surface area contributed by atoms with Gasteiger partial charge in [0.05, 0.1) is 6.21 Å². The summed E-state index contributed by atoms with van der Waals surface area (Å²) in [6, 6.07) is 8.55. The number of carbonyl (C=O) groups is 1. The molecule has 2 N–H and O–H groups in total. The molecule has 0 unspecified atom stereocenters. The predicted octanol–water partition coefficient (Wildman–Crippen LogP) is 2.02. The number of halogens is 1. The van der Waals surface area contributed by atoms with E-state index in [4.69, 9.17) is 0 Å². The maximum Gasteiger partial charge on any atom is 0.290 e. The van der Waals surface area contributed by atoms with E-state index in [2.05, 4.69) is 36.4 Å². The van der Waals surface area contributed by atoms with E-state index in [1.165, 1.54) is 18.0 Å². The highest BCUT2D eigenvalue weighted by Gasteiger charge is 2.08. The fraction of sp³-hybridized carbons (Fsp3) is 0.0769. The monoisotopic (exact) mass is 366 g/mol. The van der Waals surface area contributed by atoms with E-state index in [-0.39, 0.29) is 11.3 Å². The first-order chi connectivity index (χ1) is 10.1. The first-order valence-corrected chi connectivity index (χ1v) is 7.84. The Morgan fingerprint density at radius 2 is 2.14 bits per heavy atom. The van der Waals surface area contributed by atoms with E-state index in [0.717, 1.165) is 16.1 Å². The van der Waals surface area contributed by atoms with Crippen LogP contribution in [0.3, 0.4) is 0 Å². The van der Waals surface area contributed by atoms with Crippen molar-refractivity contribution in [3.63, 3.8) is 0 Å². The second-order valence-corrected chi connectivity index (χ2v) is 5.60. The number of amides is 1. The van der Waals surface area contributed by atoms with Gasteiger partial charge in [0, 0.05) is 10.5 Å². The smallest absolute Gasteiger partial charge is 0.290 e. The first-order valence-electron chi connectivity index (χ1n) is 5.83. The average molecular weight is 367 g/mol. The van der Waals surface area contributed by atoms with E-state index < -0.39 is 5.91 Å². The van der Waals surface area contributed by atoms with Crippen molar-refractivity contribution in [1.82, 2.24) is 15.4 Å². The third-order valence-corrected chi connectivity index (χ3v) is 3.50. The lowest BCUT2D eigenvalue weighted by atomic mass is 10.2. The van der Waals surface area contributed by atoms with Gasteiger partial charge in [-0.1, -0.05) is 39.8 Å². The van der Waals surface area contributed by atoms with Crippen molar-refractivity contribution < 1.29 is 4.79 Å². The van der Waals surface area contributed by atoms with Crippen molar-refractivity contribution in [2.75, 3.05) is 6.26 Å². The number of carbonyl (C=O) groups excluding carboxylic acids is 1. The Morgan fingerprint density at radius 1 is 1.43 bits per heavy atom. The summed E-state index contributed by atoms with van der Waals surface area (Å²) in [6.45, 7) is 0. The molecule has 0 atom stereocenters.